The molecule has 1 aliphatic carbocycles. The summed E-state index contributed by atoms with van der Waals surface area (Å²) < 4.78 is 0. The van der Waals surface area contributed by atoms with Crippen LogP contribution in [-0.4, -0.2) is 17.9 Å². The third-order valence-corrected chi connectivity index (χ3v) is 4.58. The fourth-order valence-electron chi connectivity index (χ4n) is 2.47. The molecule has 0 bridgehead atoms. The molecule has 1 aromatic carbocycles. The average molecular weight is 287 g/mol. The van der Waals surface area contributed by atoms with Crippen molar-refractivity contribution < 1.29 is 4.79 Å². The van der Waals surface area contributed by atoms with Crippen molar-refractivity contribution >= 4 is 28.1 Å². The maximum absolute atomic E-state index is 12.3. The summed E-state index contributed by atoms with van der Waals surface area (Å²) in [7, 11) is 1.81. The average Bonchev–Trinajstić information content (AvgIpc) is 2.89. The Kier molecular flexibility index (Phi) is 3.69. The molecule has 0 radical (unpaired) electrons. The van der Waals surface area contributed by atoms with E-state index in [-0.39, 0.29) is 5.91 Å². The number of carbonyl (C=O) groups is 1. The minimum atomic E-state index is -0.110. The number of fused-ring (bicyclic) bond motifs is 1. The molecule has 1 amide bonds. The van der Waals surface area contributed by atoms with E-state index >= 15 is 0 Å². The summed E-state index contributed by atoms with van der Waals surface area (Å²) in [5.74, 6) is -0.110. The molecule has 0 fully saturated rings. The summed E-state index contributed by atoms with van der Waals surface area (Å²) in [5.41, 5.74) is 2.63. The van der Waals surface area contributed by atoms with Crippen molar-refractivity contribution in [1.29, 1.82) is 0 Å². The highest BCUT2D eigenvalue weighted by molar-refractivity contribution is 7.15. The molecule has 0 saturated carbocycles. The van der Waals surface area contributed by atoms with Crippen LogP contribution < -0.4 is 10.6 Å². The molecule has 4 nitrogen and oxygen atoms in total. The number of nitrogens with zero attached hydrogens (tertiary/aromatic N) is 1. The topological polar surface area (TPSA) is 54.0 Å². The summed E-state index contributed by atoms with van der Waals surface area (Å²) in [5, 5.41) is 6.67. The number of benzene rings is 1. The highest BCUT2D eigenvalue weighted by Crippen LogP contribution is 2.30. The van der Waals surface area contributed by atoms with Crippen LogP contribution in [-0.2, 0) is 12.8 Å². The molecule has 0 saturated heterocycles. The maximum Gasteiger partial charge on any atom is 0.259 e. The highest BCUT2D eigenvalue weighted by atomic mass is 32.1. The van der Waals surface area contributed by atoms with Gasteiger partial charge in [-0.3, -0.25) is 10.1 Å². The summed E-state index contributed by atoms with van der Waals surface area (Å²) >= 11 is 1.61. The summed E-state index contributed by atoms with van der Waals surface area (Å²) in [6, 6.07) is 7.48. The fraction of sp³-hybridized carbons (Fsp3) is 0.333. The molecule has 1 aromatic heterocycles. The van der Waals surface area contributed by atoms with Gasteiger partial charge in [-0.1, -0.05) is 12.1 Å². The van der Waals surface area contributed by atoms with Gasteiger partial charge in [0.1, 0.15) is 0 Å². The van der Waals surface area contributed by atoms with Crippen molar-refractivity contribution in [3.05, 3.63) is 40.4 Å². The zero-order valence-electron chi connectivity index (χ0n) is 11.4. The van der Waals surface area contributed by atoms with Crippen molar-refractivity contribution in [2.75, 3.05) is 17.7 Å². The molecule has 1 heterocycles. The van der Waals surface area contributed by atoms with Gasteiger partial charge in [0.25, 0.3) is 5.91 Å². The number of aromatic nitrogens is 1. The lowest BCUT2D eigenvalue weighted by Gasteiger charge is -2.07. The van der Waals surface area contributed by atoms with Crippen LogP contribution in [0.1, 0.15) is 33.8 Å². The van der Waals surface area contributed by atoms with Crippen LogP contribution in [0, 0.1) is 0 Å². The van der Waals surface area contributed by atoms with Gasteiger partial charge in [-0.15, -0.1) is 11.3 Å². The zero-order chi connectivity index (χ0) is 13.9. The van der Waals surface area contributed by atoms with Gasteiger partial charge in [0.2, 0.25) is 0 Å². The molecule has 2 N–H and O–H groups in total. The lowest BCUT2D eigenvalue weighted by atomic mass is 10.0. The van der Waals surface area contributed by atoms with Crippen LogP contribution >= 0.6 is 11.3 Å². The minimum Gasteiger partial charge on any atom is -0.387 e. The lowest BCUT2D eigenvalue weighted by Crippen LogP contribution is -2.13. The van der Waals surface area contributed by atoms with Crippen molar-refractivity contribution in [2.24, 2.45) is 0 Å². The monoisotopic (exact) mass is 287 g/mol. The Labute approximate surface area is 122 Å². The number of hydrogen-bond acceptors (Lipinski definition) is 4. The smallest absolute Gasteiger partial charge is 0.259 e. The maximum atomic E-state index is 12.3. The van der Waals surface area contributed by atoms with Gasteiger partial charge in [0.05, 0.1) is 11.3 Å². The molecule has 0 aliphatic heterocycles. The highest BCUT2D eigenvalue weighted by Gasteiger charge is 2.17. The van der Waals surface area contributed by atoms with E-state index in [2.05, 4.69) is 15.6 Å². The predicted molar refractivity (Wildman–Crippen MR) is 82.7 cm³/mol. The van der Waals surface area contributed by atoms with E-state index in [4.69, 9.17) is 0 Å². The number of amides is 1. The van der Waals surface area contributed by atoms with Crippen LogP contribution in [0.2, 0.25) is 0 Å². The second kappa shape index (κ2) is 5.63. The van der Waals surface area contributed by atoms with Crippen LogP contribution in [0.25, 0.3) is 0 Å². The molecule has 0 atom stereocenters. The van der Waals surface area contributed by atoms with Crippen LogP contribution in [0.3, 0.4) is 0 Å². The van der Waals surface area contributed by atoms with Gasteiger partial charge >= 0.3 is 0 Å². The Balaban J connectivity index is 1.80. The third kappa shape index (κ3) is 2.54. The van der Waals surface area contributed by atoms with E-state index in [0.29, 0.717) is 10.7 Å². The number of anilines is 2. The molecule has 2 aromatic rings. The quantitative estimate of drug-likeness (QED) is 0.910. The molecule has 20 heavy (non-hydrogen) atoms. The van der Waals surface area contributed by atoms with Gasteiger partial charge in [0.15, 0.2) is 5.13 Å². The van der Waals surface area contributed by atoms with Crippen molar-refractivity contribution in [1.82, 2.24) is 4.98 Å². The first-order valence-electron chi connectivity index (χ1n) is 6.84. The first kappa shape index (κ1) is 13.1. The van der Waals surface area contributed by atoms with E-state index in [1.165, 1.54) is 23.4 Å². The standard InChI is InChI=1S/C15H17N3OS/c1-16-11-7-3-2-6-10(11)14(19)18-15-17-12-8-4-5-9-13(12)20-15/h2-3,6-7,16H,4-5,8-9H2,1H3,(H,17,18,19). The molecule has 3 rings (SSSR count). The molecular formula is C15H17N3OS. The molecule has 0 unspecified atom stereocenters. The van der Waals surface area contributed by atoms with Gasteiger partial charge in [-0.25, -0.2) is 4.98 Å². The first-order valence-corrected chi connectivity index (χ1v) is 7.66. The van der Waals surface area contributed by atoms with Crippen LogP contribution in [0.4, 0.5) is 10.8 Å². The summed E-state index contributed by atoms with van der Waals surface area (Å²) in [4.78, 5) is 18.2. The first-order chi connectivity index (χ1) is 9.78. The SMILES string of the molecule is CNc1ccccc1C(=O)Nc1nc2c(s1)CCCC2. The molecule has 5 heteroatoms. The predicted octanol–water partition coefficient (Wildman–Crippen LogP) is 3.32. The fourth-order valence-corrected chi connectivity index (χ4v) is 3.51. The second-order valence-corrected chi connectivity index (χ2v) is 5.93. The van der Waals surface area contributed by atoms with E-state index in [1.54, 1.807) is 11.3 Å². The zero-order valence-corrected chi connectivity index (χ0v) is 12.2. The van der Waals surface area contributed by atoms with E-state index < -0.39 is 0 Å². The Hall–Kier alpha value is -1.88. The van der Waals surface area contributed by atoms with E-state index in [1.807, 2.05) is 31.3 Å². The van der Waals surface area contributed by atoms with Crippen molar-refractivity contribution in [2.45, 2.75) is 25.7 Å². The summed E-state index contributed by atoms with van der Waals surface area (Å²) in [6.45, 7) is 0. The van der Waals surface area contributed by atoms with E-state index in [9.17, 15) is 4.79 Å². The van der Waals surface area contributed by atoms with Crippen molar-refractivity contribution in [3.8, 4) is 0 Å². The number of rotatable bonds is 3. The van der Waals surface area contributed by atoms with Crippen LogP contribution in [0.5, 0.6) is 0 Å². The second-order valence-electron chi connectivity index (χ2n) is 4.85. The number of para-hydroxylation sites is 1. The van der Waals surface area contributed by atoms with Gasteiger partial charge in [-0.2, -0.15) is 0 Å². The number of aryl methyl sites for hydroxylation is 2. The minimum absolute atomic E-state index is 0.110. The van der Waals surface area contributed by atoms with E-state index in [0.717, 1.165) is 18.5 Å². The van der Waals surface area contributed by atoms with Crippen molar-refractivity contribution in [3.63, 3.8) is 0 Å². The number of hydrogen-bond donors (Lipinski definition) is 2. The molecule has 1 aliphatic rings. The van der Waals surface area contributed by atoms with Gasteiger partial charge < -0.3 is 5.32 Å². The molecule has 0 spiro atoms. The number of carbonyl (C=O) groups excluding carboxylic acids is 1. The third-order valence-electron chi connectivity index (χ3n) is 3.51. The Bertz CT molecular complexity index is 612. The number of thiazole rings is 1. The Morgan fingerprint density at radius 3 is 2.85 bits per heavy atom. The normalized spacial score (nSPS) is 13.7. The van der Waals surface area contributed by atoms with Gasteiger partial charge in [-0.05, 0) is 37.8 Å². The van der Waals surface area contributed by atoms with Gasteiger partial charge in [0, 0.05) is 17.6 Å². The molecule has 104 valence electrons. The van der Waals surface area contributed by atoms with Crippen LogP contribution in [0.15, 0.2) is 24.3 Å². The number of nitrogens with one attached hydrogen (secondary N) is 2. The molecular weight excluding hydrogens is 270 g/mol. The Morgan fingerprint density at radius 1 is 1.25 bits per heavy atom. The largest absolute Gasteiger partial charge is 0.387 e. The lowest BCUT2D eigenvalue weighted by molar-refractivity contribution is 0.102. The summed E-state index contributed by atoms with van der Waals surface area (Å²) in [6.07, 6.45) is 4.56. The Morgan fingerprint density at radius 2 is 2.05 bits per heavy atom.